The summed E-state index contributed by atoms with van der Waals surface area (Å²) in [6.07, 6.45) is -6.24. The average molecular weight is 675 g/mol. The van der Waals surface area contributed by atoms with Gasteiger partial charge in [0.2, 0.25) is 34.4 Å². The maximum absolute atomic E-state index is 12.6. The van der Waals surface area contributed by atoms with Crippen molar-refractivity contribution in [3.8, 4) is 5.75 Å². The van der Waals surface area contributed by atoms with Gasteiger partial charge in [-0.1, -0.05) is 25.1 Å². The van der Waals surface area contributed by atoms with Gasteiger partial charge in [0.25, 0.3) is 5.91 Å². The zero-order valence-electron chi connectivity index (χ0n) is 25.5. The minimum atomic E-state index is -5.12. The third kappa shape index (κ3) is 12.2. The summed E-state index contributed by atoms with van der Waals surface area (Å²) in [6.45, 7) is 1.88. The molecule has 0 aliphatic carbocycles. The van der Waals surface area contributed by atoms with Gasteiger partial charge >= 0.3 is 29.6 Å². The van der Waals surface area contributed by atoms with E-state index in [1.807, 2.05) is 0 Å². The fourth-order valence-corrected chi connectivity index (χ4v) is 4.59. The molecule has 3 rings (SSSR count). The van der Waals surface area contributed by atoms with Crippen LogP contribution in [0.5, 0.6) is 5.75 Å². The molecule has 0 radical (unpaired) electrons. The van der Waals surface area contributed by atoms with Gasteiger partial charge in [-0.05, 0) is 36.4 Å². The number of rotatable bonds is 14. The van der Waals surface area contributed by atoms with Crippen molar-refractivity contribution in [2.24, 2.45) is 0 Å². The van der Waals surface area contributed by atoms with E-state index in [4.69, 9.17) is 9.47 Å². The molecule has 5 atom stereocenters. The maximum Gasteiger partial charge on any atom is 1.00 e. The van der Waals surface area contributed by atoms with E-state index in [0.29, 0.717) is 11.3 Å². The van der Waals surface area contributed by atoms with Crippen LogP contribution in [0.4, 0.5) is 5.69 Å². The van der Waals surface area contributed by atoms with Crippen LogP contribution in [0.1, 0.15) is 37.0 Å². The summed E-state index contributed by atoms with van der Waals surface area (Å²) in [4.78, 5) is 50.4. The number of carbonyl (C=O) groups excluding carboxylic acids is 4. The average Bonchev–Trinajstić information content (AvgIpc) is 3.00. The van der Waals surface area contributed by atoms with Gasteiger partial charge in [0.1, 0.15) is 30.1 Å². The molecular weight excluding hydrogens is 639 g/mol. The van der Waals surface area contributed by atoms with Gasteiger partial charge in [-0.3, -0.25) is 23.4 Å². The molecule has 1 aliphatic rings. The Morgan fingerprint density at radius 2 is 1.67 bits per heavy atom. The number of nitrogens with one attached hydrogen (secondary N) is 3. The van der Waals surface area contributed by atoms with Crippen molar-refractivity contribution in [3.05, 3.63) is 60.2 Å². The molecule has 246 valence electrons. The van der Waals surface area contributed by atoms with Gasteiger partial charge in [-0.25, -0.2) is 8.42 Å². The Labute approximate surface area is 288 Å². The van der Waals surface area contributed by atoms with Crippen LogP contribution in [0.3, 0.4) is 0 Å². The van der Waals surface area contributed by atoms with Crippen molar-refractivity contribution in [2.75, 3.05) is 25.1 Å². The van der Waals surface area contributed by atoms with Crippen LogP contribution in [-0.4, -0.2) is 102 Å². The van der Waals surface area contributed by atoms with Crippen LogP contribution in [0.25, 0.3) is 0 Å². The third-order valence-corrected chi connectivity index (χ3v) is 6.99. The van der Waals surface area contributed by atoms with Crippen molar-refractivity contribution in [1.29, 1.82) is 0 Å². The van der Waals surface area contributed by atoms with E-state index < -0.39 is 59.5 Å². The Morgan fingerprint density at radius 1 is 1.02 bits per heavy atom. The standard InChI is InChI=1S/C28H36N4O12S.Na/c1-3-23(35)32(16-29-27(38)18-7-5-4-6-8-18)14-13-22(34)31-19-9-11-20(12-10-19)43-28-24(30-17(2)33)26(37)25(36)21(44-28)15-42-45(39,40)41;/h4-12,21,24-26,28,36-37H,3,13-16H2,1-2H3,(H,29,38)(H,30,33)(H,31,34)(H,39,40,41);/q;+1/p-1/t21?,24?,25-,26+,28+;/m0./s1. The quantitative estimate of drug-likeness (QED) is 0.0568. The van der Waals surface area contributed by atoms with Crippen LogP contribution in [0, 0.1) is 0 Å². The van der Waals surface area contributed by atoms with E-state index in [0.717, 1.165) is 6.92 Å². The minimum absolute atomic E-state index is 0. The Hall–Kier alpha value is -3.13. The molecule has 0 saturated carbocycles. The molecule has 1 fully saturated rings. The molecule has 16 nitrogen and oxygen atoms in total. The molecule has 18 heteroatoms. The first-order valence-corrected chi connectivity index (χ1v) is 15.2. The summed E-state index contributed by atoms with van der Waals surface area (Å²) in [5.74, 6) is -1.47. The van der Waals surface area contributed by atoms with Gasteiger partial charge in [0.05, 0.1) is 13.3 Å². The molecule has 4 amide bonds. The molecule has 1 aliphatic heterocycles. The molecule has 0 spiro atoms. The maximum atomic E-state index is 12.6. The van der Waals surface area contributed by atoms with Crippen LogP contribution in [-0.2, 0) is 33.7 Å². The Bertz CT molecular complexity index is 1430. The minimum Gasteiger partial charge on any atom is -0.726 e. The number of aliphatic hydroxyl groups excluding tert-OH is 2. The second-order valence-electron chi connectivity index (χ2n) is 9.92. The van der Waals surface area contributed by atoms with Gasteiger partial charge < -0.3 is 45.1 Å². The smallest absolute Gasteiger partial charge is 0.726 e. The van der Waals surface area contributed by atoms with E-state index in [2.05, 4.69) is 20.1 Å². The largest absolute Gasteiger partial charge is 1.00 e. The Kier molecular flexibility index (Phi) is 15.5. The Balaban J connectivity index is 0.00000736. The molecule has 5 N–H and O–H groups in total. The SMILES string of the molecule is CCC(=O)N(CCC(=O)Nc1ccc(O[C@@H]2OC(COS(=O)(=O)[O-])[C@H](O)[C@H](O)C2NC(C)=O)cc1)CNC(=O)c1ccccc1.[Na+]. The van der Waals surface area contributed by atoms with E-state index in [1.54, 1.807) is 37.3 Å². The molecular formula is C28H35N4NaO12S. The number of carbonyl (C=O) groups is 4. The van der Waals surface area contributed by atoms with Gasteiger partial charge in [-0.2, -0.15) is 0 Å². The molecule has 2 unspecified atom stereocenters. The number of amides is 4. The predicted octanol–water partition coefficient (Wildman–Crippen LogP) is -3.55. The Morgan fingerprint density at radius 3 is 2.26 bits per heavy atom. The summed E-state index contributed by atoms with van der Waals surface area (Å²) >= 11 is 0. The van der Waals surface area contributed by atoms with E-state index >= 15 is 0 Å². The first kappa shape index (κ1) is 39.1. The summed E-state index contributed by atoms with van der Waals surface area (Å²) in [6, 6.07) is 13.0. The van der Waals surface area contributed by atoms with Crippen LogP contribution in [0.2, 0.25) is 0 Å². The monoisotopic (exact) mass is 674 g/mol. The van der Waals surface area contributed by atoms with Crippen LogP contribution in [0.15, 0.2) is 54.6 Å². The van der Waals surface area contributed by atoms with Gasteiger partial charge in [0.15, 0.2) is 0 Å². The summed E-state index contributed by atoms with van der Waals surface area (Å²) < 4.78 is 47.9. The topological polar surface area (TPSA) is 233 Å². The van der Waals surface area contributed by atoms with Gasteiger partial charge in [0, 0.05) is 37.6 Å². The molecule has 2 aromatic rings. The number of hydrogen-bond acceptors (Lipinski definition) is 12. The van der Waals surface area contributed by atoms with Crippen molar-refractivity contribution in [2.45, 2.75) is 57.3 Å². The number of aliphatic hydroxyl groups is 2. The second-order valence-corrected chi connectivity index (χ2v) is 11.0. The number of anilines is 1. The van der Waals surface area contributed by atoms with Crippen LogP contribution >= 0.6 is 0 Å². The first-order valence-electron chi connectivity index (χ1n) is 13.8. The predicted molar refractivity (Wildman–Crippen MR) is 155 cm³/mol. The number of nitrogens with zero attached hydrogens (tertiary/aromatic N) is 1. The fraction of sp³-hybridized carbons (Fsp3) is 0.429. The molecule has 1 saturated heterocycles. The molecule has 0 aromatic heterocycles. The van der Waals surface area contributed by atoms with E-state index in [9.17, 15) is 42.4 Å². The number of ether oxygens (including phenoxy) is 2. The molecule has 0 bridgehead atoms. The summed E-state index contributed by atoms with van der Waals surface area (Å²) in [5.41, 5.74) is 0.799. The molecule has 2 aromatic carbocycles. The number of benzene rings is 2. The first-order chi connectivity index (χ1) is 21.3. The zero-order chi connectivity index (χ0) is 33.1. The summed E-state index contributed by atoms with van der Waals surface area (Å²) in [7, 11) is -5.12. The van der Waals surface area contributed by atoms with Crippen molar-refractivity contribution < 1.29 is 85.6 Å². The van der Waals surface area contributed by atoms with E-state index in [-0.39, 0.29) is 73.2 Å². The number of hydrogen-bond donors (Lipinski definition) is 5. The van der Waals surface area contributed by atoms with Crippen LogP contribution < -0.4 is 50.2 Å². The second kappa shape index (κ2) is 18.3. The van der Waals surface area contributed by atoms with Crippen molar-refractivity contribution in [1.82, 2.24) is 15.5 Å². The normalized spacial score (nSPS) is 20.8. The zero-order valence-corrected chi connectivity index (χ0v) is 28.3. The van der Waals surface area contributed by atoms with Crippen molar-refractivity contribution >= 4 is 39.7 Å². The summed E-state index contributed by atoms with van der Waals surface area (Å²) in [5, 5.41) is 28.6. The molecule has 46 heavy (non-hydrogen) atoms. The fourth-order valence-electron chi connectivity index (χ4n) is 4.29. The molecule has 1 heterocycles. The third-order valence-electron chi connectivity index (χ3n) is 6.57. The van der Waals surface area contributed by atoms with E-state index in [1.165, 1.54) is 29.2 Å². The van der Waals surface area contributed by atoms with Gasteiger partial charge in [-0.15, -0.1) is 0 Å². The van der Waals surface area contributed by atoms with Crippen molar-refractivity contribution in [3.63, 3.8) is 0 Å².